The predicted octanol–water partition coefficient (Wildman–Crippen LogP) is 2.46. The van der Waals surface area contributed by atoms with E-state index in [0.29, 0.717) is 6.42 Å². The SMILES string of the molecule is O=C(O)N=CCc1c[nH]c2ccccc12. The highest BCUT2D eigenvalue weighted by Crippen LogP contribution is 2.17. The second-order valence-electron chi connectivity index (χ2n) is 3.16. The van der Waals surface area contributed by atoms with Crippen molar-refractivity contribution in [2.75, 3.05) is 0 Å². The Morgan fingerprint density at radius 2 is 2.27 bits per heavy atom. The number of nitrogens with zero attached hydrogens (tertiary/aromatic N) is 1. The van der Waals surface area contributed by atoms with Crippen molar-refractivity contribution in [1.82, 2.24) is 4.98 Å². The lowest BCUT2D eigenvalue weighted by atomic mass is 10.1. The lowest BCUT2D eigenvalue weighted by Crippen LogP contribution is -1.89. The third-order valence-electron chi connectivity index (χ3n) is 2.19. The van der Waals surface area contributed by atoms with Crippen molar-refractivity contribution in [3.8, 4) is 0 Å². The first-order valence-corrected chi connectivity index (χ1v) is 4.58. The molecule has 0 aliphatic heterocycles. The molecule has 0 saturated heterocycles. The molecule has 0 aliphatic carbocycles. The van der Waals surface area contributed by atoms with E-state index in [-0.39, 0.29) is 0 Å². The number of fused-ring (bicyclic) bond motifs is 1. The summed E-state index contributed by atoms with van der Waals surface area (Å²) in [5.74, 6) is 0. The number of aromatic nitrogens is 1. The summed E-state index contributed by atoms with van der Waals surface area (Å²) in [5.41, 5.74) is 2.10. The number of carbonyl (C=O) groups is 1. The number of rotatable bonds is 2. The van der Waals surface area contributed by atoms with Crippen LogP contribution >= 0.6 is 0 Å². The molecule has 0 atom stereocenters. The summed E-state index contributed by atoms with van der Waals surface area (Å²) in [6.07, 6.45) is 2.64. The number of nitrogens with one attached hydrogen (secondary N) is 1. The highest BCUT2D eigenvalue weighted by molar-refractivity contribution is 5.87. The van der Waals surface area contributed by atoms with Crippen LogP contribution < -0.4 is 0 Å². The first-order valence-electron chi connectivity index (χ1n) is 4.58. The zero-order chi connectivity index (χ0) is 10.7. The standard InChI is InChI=1S/C11H10N2O2/c14-11(15)12-6-5-8-7-13-10-4-2-1-3-9(8)10/h1-4,6-7,13H,5H2,(H,14,15). The van der Waals surface area contributed by atoms with E-state index < -0.39 is 6.09 Å². The summed E-state index contributed by atoms with van der Waals surface area (Å²) in [6, 6.07) is 7.88. The number of para-hydroxylation sites is 1. The van der Waals surface area contributed by atoms with Crippen LogP contribution in [0.25, 0.3) is 10.9 Å². The molecular weight excluding hydrogens is 192 g/mol. The van der Waals surface area contributed by atoms with Gasteiger partial charge in [0.2, 0.25) is 0 Å². The van der Waals surface area contributed by atoms with E-state index in [9.17, 15) is 4.79 Å². The van der Waals surface area contributed by atoms with E-state index >= 15 is 0 Å². The molecule has 1 amide bonds. The van der Waals surface area contributed by atoms with Crippen LogP contribution in [-0.4, -0.2) is 22.4 Å². The van der Waals surface area contributed by atoms with Gasteiger partial charge in [-0.3, -0.25) is 0 Å². The molecule has 1 aromatic heterocycles. The van der Waals surface area contributed by atoms with E-state index in [2.05, 4.69) is 9.98 Å². The molecule has 0 spiro atoms. The van der Waals surface area contributed by atoms with Crippen molar-refractivity contribution in [1.29, 1.82) is 0 Å². The molecular formula is C11H10N2O2. The normalized spacial score (nSPS) is 11.2. The monoisotopic (exact) mass is 202 g/mol. The molecule has 0 fully saturated rings. The van der Waals surface area contributed by atoms with Gasteiger partial charge in [-0.2, -0.15) is 4.99 Å². The molecule has 0 bridgehead atoms. The van der Waals surface area contributed by atoms with Crippen molar-refractivity contribution in [3.05, 3.63) is 36.0 Å². The van der Waals surface area contributed by atoms with Crippen LogP contribution in [0.15, 0.2) is 35.5 Å². The molecule has 2 aromatic rings. The maximum Gasteiger partial charge on any atom is 0.430 e. The molecule has 2 N–H and O–H groups in total. The predicted molar refractivity (Wildman–Crippen MR) is 58.5 cm³/mol. The number of aliphatic imine (C=N–C) groups is 1. The Morgan fingerprint density at radius 1 is 1.47 bits per heavy atom. The minimum Gasteiger partial charge on any atom is -0.463 e. The Hall–Kier alpha value is -2.10. The average molecular weight is 202 g/mol. The molecule has 0 radical (unpaired) electrons. The van der Waals surface area contributed by atoms with E-state index in [1.54, 1.807) is 0 Å². The van der Waals surface area contributed by atoms with Gasteiger partial charge in [0.1, 0.15) is 0 Å². The van der Waals surface area contributed by atoms with Gasteiger partial charge in [0.25, 0.3) is 0 Å². The van der Waals surface area contributed by atoms with Crippen LogP contribution in [0.3, 0.4) is 0 Å². The van der Waals surface area contributed by atoms with Gasteiger partial charge in [-0.05, 0) is 11.6 Å². The summed E-state index contributed by atoms with van der Waals surface area (Å²) in [5, 5.41) is 9.46. The van der Waals surface area contributed by atoms with Crippen molar-refractivity contribution in [2.24, 2.45) is 4.99 Å². The second-order valence-corrected chi connectivity index (χ2v) is 3.16. The van der Waals surface area contributed by atoms with Gasteiger partial charge in [0.15, 0.2) is 0 Å². The lowest BCUT2D eigenvalue weighted by Gasteiger charge is -1.92. The van der Waals surface area contributed by atoms with Crippen LogP contribution in [0.2, 0.25) is 0 Å². The Labute approximate surface area is 86.3 Å². The van der Waals surface area contributed by atoms with Crippen molar-refractivity contribution in [3.63, 3.8) is 0 Å². The zero-order valence-corrected chi connectivity index (χ0v) is 7.97. The molecule has 2 rings (SSSR count). The first-order chi connectivity index (χ1) is 7.27. The minimum atomic E-state index is -1.16. The molecule has 4 heteroatoms. The van der Waals surface area contributed by atoms with Crippen LogP contribution in [0.1, 0.15) is 5.56 Å². The topological polar surface area (TPSA) is 65.4 Å². The Kier molecular flexibility index (Phi) is 2.49. The van der Waals surface area contributed by atoms with E-state index in [1.165, 1.54) is 6.21 Å². The van der Waals surface area contributed by atoms with Gasteiger partial charge >= 0.3 is 6.09 Å². The number of carboxylic acid groups (broad SMARTS) is 1. The van der Waals surface area contributed by atoms with Crippen molar-refractivity contribution >= 4 is 23.2 Å². The number of H-pyrrole nitrogens is 1. The molecule has 76 valence electrons. The molecule has 0 aliphatic rings. The number of hydrogen-bond acceptors (Lipinski definition) is 1. The van der Waals surface area contributed by atoms with E-state index in [0.717, 1.165) is 16.5 Å². The Bertz CT molecular complexity index is 514. The van der Waals surface area contributed by atoms with E-state index in [1.807, 2.05) is 30.5 Å². The van der Waals surface area contributed by atoms with Crippen LogP contribution in [0.4, 0.5) is 4.79 Å². The maximum absolute atomic E-state index is 10.2. The minimum absolute atomic E-state index is 0.524. The second kappa shape index (κ2) is 3.96. The molecule has 4 nitrogen and oxygen atoms in total. The summed E-state index contributed by atoms with van der Waals surface area (Å²) < 4.78 is 0. The van der Waals surface area contributed by atoms with E-state index in [4.69, 9.17) is 5.11 Å². The summed E-state index contributed by atoms with van der Waals surface area (Å²) in [4.78, 5) is 16.6. The largest absolute Gasteiger partial charge is 0.463 e. The fourth-order valence-electron chi connectivity index (χ4n) is 1.52. The molecule has 0 unspecified atom stereocenters. The van der Waals surface area contributed by atoms with Crippen LogP contribution in [0, 0.1) is 0 Å². The summed E-state index contributed by atoms with van der Waals surface area (Å²) in [6.45, 7) is 0. The van der Waals surface area contributed by atoms with Gasteiger partial charge < -0.3 is 10.1 Å². The fourth-order valence-corrected chi connectivity index (χ4v) is 1.52. The highest BCUT2D eigenvalue weighted by atomic mass is 16.4. The quantitative estimate of drug-likeness (QED) is 0.734. The average Bonchev–Trinajstić information content (AvgIpc) is 2.62. The molecule has 0 saturated carbocycles. The summed E-state index contributed by atoms with van der Waals surface area (Å²) >= 11 is 0. The van der Waals surface area contributed by atoms with Gasteiger partial charge in [-0.25, -0.2) is 4.79 Å². The molecule has 1 heterocycles. The Morgan fingerprint density at radius 3 is 3.07 bits per heavy atom. The molecule has 1 aromatic carbocycles. The number of benzene rings is 1. The summed E-state index contributed by atoms with van der Waals surface area (Å²) in [7, 11) is 0. The Balaban J connectivity index is 2.25. The smallest absolute Gasteiger partial charge is 0.430 e. The van der Waals surface area contributed by atoms with Crippen molar-refractivity contribution in [2.45, 2.75) is 6.42 Å². The van der Waals surface area contributed by atoms with Crippen LogP contribution in [-0.2, 0) is 6.42 Å². The highest BCUT2D eigenvalue weighted by Gasteiger charge is 2.00. The van der Waals surface area contributed by atoms with Crippen LogP contribution in [0.5, 0.6) is 0 Å². The maximum atomic E-state index is 10.2. The fraction of sp³-hybridized carbons (Fsp3) is 0.0909. The number of amides is 1. The third kappa shape index (κ3) is 2.04. The lowest BCUT2D eigenvalue weighted by molar-refractivity contribution is 0.206. The number of aromatic amines is 1. The third-order valence-corrected chi connectivity index (χ3v) is 2.19. The zero-order valence-electron chi connectivity index (χ0n) is 7.97. The van der Waals surface area contributed by atoms with Gasteiger partial charge in [0.05, 0.1) is 0 Å². The van der Waals surface area contributed by atoms with Gasteiger partial charge in [-0.1, -0.05) is 18.2 Å². The van der Waals surface area contributed by atoms with Crippen molar-refractivity contribution < 1.29 is 9.90 Å². The van der Waals surface area contributed by atoms with Gasteiger partial charge in [-0.15, -0.1) is 0 Å². The molecule has 15 heavy (non-hydrogen) atoms. The number of hydrogen-bond donors (Lipinski definition) is 2. The van der Waals surface area contributed by atoms with Gasteiger partial charge in [0, 0.05) is 29.7 Å². The first kappa shape index (κ1) is 9.45.